The molecule has 7 nitrogen and oxygen atoms in total. The van der Waals surface area contributed by atoms with E-state index in [-0.39, 0.29) is 12.5 Å². The number of nitrogens with zero attached hydrogens (tertiary/aromatic N) is 3. The van der Waals surface area contributed by atoms with E-state index in [2.05, 4.69) is 5.32 Å². The summed E-state index contributed by atoms with van der Waals surface area (Å²) in [5.74, 6) is 0.900. The van der Waals surface area contributed by atoms with Gasteiger partial charge < -0.3 is 24.3 Å². The van der Waals surface area contributed by atoms with Gasteiger partial charge in [0.05, 0.1) is 36.1 Å². The van der Waals surface area contributed by atoms with Crippen LogP contribution >= 0.6 is 23.2 Å². The van der Waals surface area contributed by atoms with Gasteiger partial charge in [-0.05, 0) is 61.9 Å². The third-order valence-electron chi connectivity index (χ3n) is 5.62. The Labute approximate surface area is 214 Å². The minimum absolute atomic E-state index is 0.0344. The van der Waals surface area contributed by atoms with Gasteiger partial charge in [-0.3, -0.25) is 4.79 Å². The molecule has 1 heterocycles. The SMILES string of the molecule is CCOC(=O)CN(c1ccc(Cl)cc1)c1cccc2nc(Nc3c(C)cc(Cl)cc3OC)n(C)c12. The molecule has 182 valence electrons. The summed E-state index contributed by atoms with van der Waals surface area (Å²) in [5.41, 5.74) is 4.92. The molecular formula is C26H26Cl2N4O3. The lowest BCUT2D eigenvalue weighted by Gasteiger charge is -2.25. The molecular weight excluding hydrogens is 487 g/mol. The molecule has 0 atom stereocenters. The van der Waals surface area contributed by atoms with E-state index < -0.39 is 0 Å². The fraction of sp³-hybridized carbons (Fsp3) is 0.231. The van der Waals surface area contributed by atoms with Crippen molar-refractivity contribution in [2.75, 3.05) is 30.5 Å². The molecule has 0 bridgehead atoms. The number of benzene rings is 3. The number of anilines is 4. The van der Waals surface area contributed by atoms with Crippen molar-refractivity contribution >= 4 is 63.2 Å². The van der Waals surface area contributed by atoms with Gasteiger partial charge in [0, 0.05) is 28.8 Å². The molecule has 0 amide bonds. The molecule has 0 unspecified atom stereocenters. The number of ether oxygens (including phenoxy) is 2. The summed E-state index contributed by atoms with van der Waals surface area (Å²) >= 11 is 12.3. The van der Waals surface area contributed by atoms with Crippen LogP contribution < -0.4 is 15.0 Å². The van der Waals surface area contributed by atoms with Crippen molar-refractivity contribution in [1.82, 2.24) is 9.55 Å². The van der Waals surface area contributed by atoms with Gasteiger partial charge in [-0.1, -0.05) is 29.3 Å². The van der Waals surface area contributed by atoms with Crippen LogP contribution in [0.25, 0.3) is 11.0 Å². The average molecular weight is 513 g/mol. The molecule has 0 saturated carbocycles. The van der Waals surface area contributed by atoms with Crippen LogP contribution in [0, 0.1) is 6.92 Å². The van der Waals surface area contributed by atoms with Crippen LogP contribution in [0.4, 0.5) is 23.0 Å². The first-order valence-corrected chi connectivity index (χ1v) is 11.8. The summed E-state index contributed by atoms with van der Waals surface area (Å²) in [6, 6.07) is 16.7. The van der Waals surface area contributed by atoms with Crippen LogP contribution in [-0.2, 0) is 16.6 Å². The first-order chi connectivity index (χ1) is 16.8. The second-order valence-electron chi connectivity index (χ2n) is 7.93. The van der Waals surface area contributed by atoms with Crippen LogP contribution in [0.15, 0.2) is 54.6 Å². The Hall–Kier alpha value is -3.42. The number of aryl methyl sites for hydroxylation is 2. The lowest BCUT2D eigenvalue weighted by Crippen LogP contribution is -2.27. The number of esters is 1. The van der Waals surface area contributed by atoms with E-state index in [9.17, 15) is 4.79 Å². The van der Waals surface area contributed by atoms with Gasteiger partial charge in [0.25, 0.3) is 0 Å². The molecule has 1 aromatic heterocycles. The van der Waals surface area contributed by atoms with Crippen molar-refractivity contribution in [1.29, 1.82) is 0 Å². The lowest BCUT2D eigenvalue weighted by molar-refractivity contribution is -0.141. The molecule has 0 radical (unpaired) electrons. The fourth-order valence-corrected chi connectivity index (χ4v) is 4.38. The molecule has 4 aromatic rings. The minimum atomic E-state index is -0.332. The van der Waals surface area contributed by atoms with E-state index in [1.165, 1.54) is 0 Å². The predicted octanol–water partition coefficient (Wildman–Crippen LogP) is 6.64. The van der Waals surface area contributed by atoms with E-state index in [4.69, 9.17) is 37.7 Å². The summed E-state index contributed by atoms with van der Waals surface area (Å²) < 4.78 is 12.7. The lowest BCUT2D eigenvalue weighted by atomic mass is 10.2. The number of hydrogen-bond donors (Lipinski definition) is 1. The predicted molar refractivity (Wildman–Crippen MR) is 142 cm³/mol. The van der Waals surface area contributed by atoms with Crippen molar-refractivity contribution in [2.45, 2.75) is 13.8 Å². The topological polar surface area (TPSA) is 68.6 Å². The normalized spacial score (nSPS) is 10.9. The van der Waals surface area contributed by atoms with Crippen molar-refractivity contribution < 1.29 is 14.3 Å². The zero-order valence-corrected chi connectivity index (χ0v) is 21.4. The number of aromatic nitrogens is 2. The van der Waals surface area contributed by atoms with E-state index in [1.54, 1.807) is 32.2 Å². The van der Waals surface area contributed by atoms with Crippen LogP contribution in [0.1, 0.15) is 12.5 Å². The molecule has 1 N–H and O–H groups in total. The number of halogens is 2. The van der Waals surface area contributed by atoms with Crippen LogP contribution in [0.2, 0.25) is 10.0 Å². The third kappa shape index (κ3) is 5.16. The fourth-order valence-electron chi connectivity index (χ4n) is 4.00. The van der Waals surface area contributed by atoms with E-state index >= 15 is 0 Å². The first kappa shape index (κ1) is 24.7. The number of carbonyl (C=O) groups excluding carboxylic acids is 1. The van der Waals surface area contributed by atoms with E-state index in [0.29, 0.717) is 28.3 Å². The molecule has 4 rings (SSSR count). The Balaban J connectivity index is 1.82. The highest BCUT2D eigenvalue weighted by Crippen LogP contribution is 2.37. The maximum Gasteiger partial charge on any atom is 0.325 e. The van der Waals surface area contributed by atoms with Gasteiger partial charge in [0.2, 0.25) is 5.95 Å². The number of para-hydroxylation sites is 1. The van der Waals surface area contributed by atoms with Gasteiger partial charge >= 0.3 is 5.97 Å². The Bertz CT molecular complexity index is 1370. The summed E-state index contributed by atoms with van der Waals surface area (Å²) in [7, 11) is 3.52. The number of nitrogens with one attached hydrogen (secondary N) is 1. The molecule has 3 aromatic carbocycles. The van der Waals surface area contributed by atoms with Crippen LogP contribution in [0.3, 0.4) is 0 Å². The summed E-state index contributed by atoms with van der Waals surface area (Å²) in [6.07, 6.45) is 0. The number of carbonyl (C=O) groups is 1. The zero-order chi connectivity index (χ0) is 25.1. The van der Waals surface area contributed by atoms with Crippen molar-refractivity contribution in [2.24, 2.45) is 7.05 Å². The quantitative estimate of drug-likeness (QED) is 0.267. The highest BCUT2D eigenvalue weighted by atomic mass is 35.5. The molecule has 35 heavy (non-hydrogen) atoms. The molecule has 9 heteroatoms. The maximum atomic E-state index is 12.5. The highest BCUT2D eigenvalue weighted by Gasteiger charge is 2.21. The zero-order valence-electron chi connectivity index (χ0n) is 19.9. The second kappa shape index (κ2) is 10.5. The smallest absolute Gasteiger partial charge is 0.325 e. The van der Waals surface area contributed by atoms with Crippen molar-refractivity contribution in [3.8, 4) is 5.75 Å². The van der Waals surface area contributed by atoms with Crippen molar-refractivity contribution in [3.63, 3.8) is 0 Å². The van der Waals surface area contributed by atoms with Gasteiger partial charge in [0.15, 0.2) is 0 Å². The van der Waals surface area contributed by atoms with E-state index in [0.717, 1.165) is 33.7 Å². The Morgan fingerprint density at radius 2 is 1.86 bits per heavy atom. The highest BCUT2D eigenvalue weighted by molar-refractivity contribution is 6.31. The molecule has 0 aliphatic carbocycles. The van der Waals surface area contributed by atoms with Crippen LogP contribution in [0.5, 0.6) is 5.75 Å². The summed E-state index contributed by atoms with van der Waals surface area (Å²) in [5, 5.41) is 4.60. The van der Waals surface area contributed by atoms with Gasteiger partial charge in [0.1, 0.15) is 12.3 Å². The average Bonchev–Trinajstić information content (AvgIpc) is 3.15. The van der Waals surface area contributed by atoms with E-state index in [1.807, 2.05) is 59.8 Å². The molecule has 0 fully saturated rings. The largest absolute Gasteiger partial charge is 0.495 e. The Morgan fingerprint density at radius 1 is 1.11 bits per heavy atom. The second-order valence-corrected chi connectivity index (χ2v) is 8.80. The Kier molecular flexibility index (Phi) is 7.38. The van der Waals surface area contributed by atoms with Gasteiger partial charge in [-0.2, -0.15) is 0 Å². The van der Waals surface area contributed by atoms with Crippen LogP contribution in [-0.4, -0.2) is 35.8 Å². The number of methoxy groups -OCH3 is 1. The van der Waals surface area contributed by atoms with Gasteiger partial charge in [-0.25, -0.2) is 4.98 Å². The van der Waals surface area contributed by atoms with Crippen molar-refractivity contribution in [3.05, 3.63) is 70.2 Å². The summed E-state index contributed by atoms with van der Waals surface area (Å²) in [6.45, 7) is 4.08. The third-order valence-corrected chi connectivity index (χ3v) is 6.09. The monoisotopic (exact) mass is 512 g/mol. The minimum Gasteiger partial charge on any atom is -0.495 e. The molecule has 0 aliphatic rings. The molecule has 0 aliphatic heterocycles. The number of hydrogen-bond acceptors (Lipinski definition) is 6. The molecule has 0 saturated heterocycles. The van der Waals surface area contributed by atoms with Gasteiger partial charge in [-0.15, -0.1) is 0 Å². The number of imidazole rings is 1. The number of rotatable bonds is 8. The first-order valence-electron chi connectivity index (χ1n) is 11.1. The molecule has 0 spiro atoms. The Morgan fingerprint density at radius 3 is 2.54 bits per heavy atom. The summed E-state index contributed by atoms with van der Waals surface area (Å²) in [4.78, 5) is 19.2. The standard InChI is InChI=1S/C26H26Cl2N4O3/c1-5-35-23(33)15-32(19-11-9-17(27)10-12-19)21-8-6-7-20-25(21)31(3)26(29-20)30-24-16(2)13-18(28)14-22(24)34-4/h6-14H,5,15H2,1-4H3,(H,29,30). The number of fused-ring (bicyclic) bond motifs is 1. The maximum absolute atomic E-state index is 12.5.